The minimum absolute atomic E-state index is 0.186. The molecule has 4 rings (SSSR count). The molecule has 2 aromatic heterocycles. The molecule has 168 valence electrons. The highest BCUT2D eigenvalue weighted by atomic mass is 15.3. The molecule has 8 heteroatoms. The van der Waals surface area contributed by atoms with Crippen LogP contribution in [0.4, 0.5) is 17.3 Å². The standard InChI is InChI=1S/C25H28N8/c1-25(2,3)33-22(26)16-19(32-33)15-18-11-7-8-12-20(18)28-24(27)29-23-14-13-21(30-31-23)17-9-5-4-6-10-17/h4-14,16H,15,26H2,1-3H3,(H3,27,28,29,31). The zero-order valence-electron chi connectivity index (χ0n) is 19.0. The molecule has 5 N–H and O–H groups in total. The van der Waals surface area contributed by atoms with Gasteiger partial charge >= 0.3 is 0 Å². The van der Waals surface area contributed by atoms with Crippen molar-refractivity contribution in [1.29, 1.82) is 0 Å². The van der Waals surface area contributed by atoms with Crippen LogP contribution >= 0.6 is 0 Å². The molecule has 0 radical (unpaired) electrons. The molecule has 8 nitrogen and oxygen atoms in total. The highest BCUT2D eigenvalue weighted by molar-refractivity contribution is 5.94. The van der Waals surface area contributed by atoms with Crippen LogP contribution < -0.4 is 16.8 Å². The van der Waals surface area contributed by atoms with E-state index in [2.05, 4.69) is 46.4 Å². The molecule has 0 atom stereocenters. The second-order valence-corrected chi connectivity index (χ2v) is 8.74. The van der Waals surface area contributed by atoms with E-state index in [0.29, 0.717) is 18.1 Å². The zero-order valence-corrected chi connectivity index (χ0v) is 19.0. The number of aromatic nitrogens is 4. The normalized spacial score (nSPS) is 12.0. The molecule has 0 fully saturated rings. The number of hydrogen-bond donors (Lipinski definition) is 3. The Labute approximate surface area is 193 Å². The van der Waals surface area contributed by atoms with Crippen molar-refractivity contribution in [2.45, 2.75) is 32.7 Å². The van der Waals surface area contributed by atoms with Crippen LogP contribution in [0.25, 0.3) is 11.3 Å². The third kappa shape index (κ3) is 5.35. The molecule has 0 saturated heterocycles. The first-order valence-corrected chi connectivity index (χ1v) is 10.7. The van der Waals surface area contributed by atoms with E-state index >= 15 is 0 Å². The predicted molar refractivity (Wildman–Crippen MR) is 133 cm³/mol. The second-order valence-electron chi connectivity index (χ2n) is 8.74. The molecule has 0 aliphatic carbocycles. The van der Waals surface area contributed by atoms with Gasteiger partial charge in [-0.15, -0.1) is 10.2 Å². The summed E-state index contributed by atoms with van der Waals surface area (Å²) in [6.45, 7) is 6.21. The first kappa shape index (κ1) is 22.0. The maximum Gasteiger partial charge on any atom is 0.199 e. The van der Waals surface area contributed by atoms with Crippen LogP contribution in [-0.4, -0.2) is 25.9 Å². The van der Waals surface area contributed by atoms with Crippen LogP contribution in [0.2, 0.25) is 0 Å². The smallest absolute Gasteiger partial charge is 0.199 e. The Kier molecular flexibility index (Phi) is 6.08. The highest BCUT2D eigenvalue weighted by Crippen LogP contribution is 2.23. The van der Waals surface area contributed by atoms with Crippen molar-refractivity contribution in [3.63, 3.8) is 0 Å². The largest absolute Gasteiger partial charge is 0.384 e. The summed E-state index contributed by atoms with van der Waals surface area (Å²) < 4.78 is 1.84. The number of nitrogens with zero attached hydrogens (tertiary/aromatic N) is 5. The van der Waals surface area contributed by atoms with E-state index in [9.17, 15) is 0 Å². The Balaban J connectivity index is 1.50. The number of anilines is 2. The van der Waals surface area contributed by atoms with Crippen molar-refractivity contribution in [3.8, 4) is 11.3 Å². The molecule has 0 unspecified atom stereocenters. The molecule has 0 spiro atoms. The van der Waals surface area contributed by atoms with Gasteiger partial charge < -0.3 is 16.8 Å². The van der Waals surface area contributed by atoms with Gasteiger partial charge in [0.15, 0.2) is 11.8 Å². The molecule has 4 aromatic rings. The summed E-state index contributed by atoms with van der Waals surface area (Å²) in [6, 6.07) is 23.3. The molecular formula is C25H28N8. The molecule has 2 heterocycles. The minimum Gasteiger partial charge on any atom is -0.384 e. The van der Waals surface area contributed by atoms with E-state index in [0.717, 1.165) is 28.2 Å². The number of aliphatic imine (C=N–C) groups is 1. The Bertz CT molecular complexity index is 1250. The first-order chi connectivity index (χ1) is 15.8. The van der Waals surface area contributed by atoms with Crippen molar-refractivity contribution in [2.24, 2.45) is 10.7 Å². The van der Waals surface area contributed by atoms with Gasteiger partial charge in [-0.3, -0.25) is 0 Å². The predicted octanol–water partition coefficient (Wildman–Crippen LogP) is 4.33. The van der Waals surface area contributed by atoms with Gasteiger partial charge in [0.25, 0.3) is 0 Å². The zero-order chi connectivity index (χ0) is 23.4. The average Bonchev–Trinajstić information content (AvgIpc) is 3.17. The SMILES string of the molecule is CC(C)(C)n1nc(Cc2ccccc2NC(N)=Nc2ccc(-c3ccccc3)nn2)cc1N. The summed E-state index contributed by atoms with van der Waals surface area (Å²) in [4.78, 5) is 4.36. The lowest BCUT2D eigenvalue weighted by molar-refractivity contribution is 0.359. The van der Waals surface area contributed by atoms with E-state index in [1.807, 2.05) is 71.4 Å². The molecule has 0 aliphatic heterocycles. The Morgan fingerprint density at radius 2 is 1.70 bits per heavy atom. The third-order valence-corrected chi connectivity index (χ3v) is 5.03. The first-order valence-electron chi connectivity index (χ1n) is 10.7. The second kappa shape index (κ2) is 9.12. The Hall–Kier alpha value is -4.20. The minimum atomic E-state index is -0.186. The summed E-state index contributed by atoms with van der Waals surface area (Å²) in [7, 11) is 0. The monoisotopic (exact) mass is 440 g/mol. The van der Waals surface area contributed by atoms with Crippen molar-refractivity contribution in [1.82, 2.24) is 20.0 Å². The number of benzene rings is 2. The van der Waals surface area contributed by atoms with Crippen molar-refractivity contribution in [3.05, 3.63) is 84.1 Å². The fourth-order valence-corrected chi connectivity index (χ4v) is 3.50. The van der Waals surface area contributed by atoms with Crippen LogP contribution in [0.15, 0.2) is 77.8 Å². The van der Waals surface area contributed by atoms with Crippen molar-refractivity contribution >= 4 is 23.3 Å². The lowest BCUT2D eigenvalue weighted by Crippen LogP contribution is -2.25. The number of hydrogen-bond acceptors (Lipinski definition) is 5. The number of rotatable bonds is 5. The van der Waals surface area contributed by atoms with E-state index in [-0.39, 0.29) is 11.5 Å². The van der Waals surface area contributed by atoms with Gasteiger partial charge in [-0.25, -0.2) is 4.68 Å². The van der Waals surface area contributed by atoms with Crippen LogP contribution in [-0.2, 0) is 12.0 Å². The van der Waals surface area contributed by atoms with E-state index in [4.69, 9.17) is 11.5 Å². The number of nitrogens with two attached hydrogens (primary N) is 2. The molecule has 2 aromatic carbocycles. The number of nitrogen functional groups attached to an aromatic ring is 1. The molecular weight excluding hydrogens is 412 g/mol. The summed E-state index contributed by atoms with van der Waals surface area (Å²) in [5, 5.41) is 16.3. The van der Waals surface area contributed by atoms with Crippen LogP contribution in [0.3, 0.4) is 0 Å². The van der Waals surface area contributed by atoms with Gasteiger partial charge in [-0.1, -0.05) is 48.5 Å². The molecule has 0 aliphatic rings. The summed E-state index contributed by atoms with van der Waals surface area (Å²) in [5.41, 5.74) is 16.7. The van der Waals surface area contributed by atoms with Crippen LogP contribution in [0.5, 0.6) is 0 Å². The lowest BCUT2D eigenvalue weighted by atomic mass is 10.1. The number of guanidine groups is 1. The topological polar surface area (TPSA) is 120 Å². The average molecular weight is 441 g/mol. The van der Waals surface area contributed by atoms with Crippen LogP contribution in [0, 0.1) is 0 Å². The maximum absolute atomic E-state index is 6.17. The van der Waals surface area contributed by atoms with Gasteiger partial charge in [0.2, 0.25) is 0 Å². The van der Waals surface area contributed by atoms with Gasteiger partial charge in [0.1, 0.15) is 5.82 Å². The number of para-hydroxylation sites is 1. The Morgan fingerprint density at radius 1 is 0.970 bits per heavy atom. The lowest BCUT2D eigenvalue weighted by Gasteiger charge is -2.20. The van der Waals surface area contributed by atoms with Gasteiger partial charge in [0, 0.05) is 23.7 Å². The van der Waals surface area contributed by atoms with Crippen LogP contribution in [0.1, 0.15) is 32.0 Å². The fraction of sp³-hybridized carbons (Fsp3) is 0.200. The van der Waals surface area contributed by atoms with Crippen molar-refractivity contribution in [2.75, 3.05) is 11.1 Å². The summed E-state index contributed by atoms with van der Waals surface area (Å²) in [6.07, 6.45) is 0.606. The summed E-state index contributed by atoms with van der Waals surface area (Å²) in [5.74, 6) is 1.29. The highest BCUT2D eigenvalue weighted by Gasteiger charge is 2.18. The molecule has 33 heavy (non-hydrogen) atoms. The van der Waals surface area contributed by atoms with Crippen molar-refractivity contribution < 1.29 is 0 Å². The summed E-state index contributed by atoms with van der Waals surface area (Å²) >= 11 is 0. The van der Waals surface area contributed by atoms with E-state index in [1.165, 1.54) is 0 Å². The van der Waals surface area contributed by atoms with Gasteiger partial charge in [0.05, 0.1) is 16.9 Å². The maximum atomic E-state index is 6.17. The fourth-order valence-electron chi connectivity index (χ4n) is 3.50. The van der Waals surface area contributed by atoms with Gasteiger partial charge in [-0.05, 0) is 44.5 Å². The quantitative estimate of drug-likeness (QED) is 0.314. The molecule has 0 amide bonds. The molecule has 0 bridgehead atoms. The van der Waals surface area contributed by atoms with E-state index in [1.54, 1.807) is 6.07 Å². The third-order valence-electron chi connectivity index (χ3n) is 5.03. The molecule has 0 saturated carbocycles. The number of nitrogens with one attached hydrogen (secondary N) is 1. The van der Waals surface area contributed by atoms with Gasteiger partial charge in [-0.2, -0.15) is 10.1 Å². The Morgan fingerprint density at radius 3 is 2.36 bits per heavy atom. The van der Waals surface area contributed by atoms with E-state index < -0.39 is 0 Å².